The first-order valence-corrected chi connectivity index (χ1v) is 6.07. The number of hydrogen-bond donors (Lipinski definition) is 1. The smallest absolute Gasteiger partial charge is 0.228 e. The molecule has 4 nitrogen and oxygen atoms in total. The quantitative estimate of drug-likeness (QED) is 0.845. The highest BCUT2D eigenvalue weighted by Crippen LogP contribution is 2.18. The monoisotopic (exact) mass is 233 g/mol. The van der Waals surface area contributed by atoms with Crippen molar-refractivity contribution >= 4 is 11.7 Å². The number of aromatic nitrogens is 1. The second-order valence-electron chi connectivity index (χ2n) is 4.79. The number of piperidine rings is 1. The number of nitrogens with one attached hydrogen (secondary N) is 1. The van der Waals surface area contributed by atoms with E-state index in [-0.39, 0.29) is 11.8 Å². The summed E-state index contributed by atoms with van der Waals surface area (Å²) >= 11 is 0. The summed E-state index contributed by atoms with van der Waals surface area (Å²) in [5.41, 5.74) is 1.11. The molecule has 0 atom stereocenters. The zero-order chi connectivity index (χ0) is 12.3. The second-order valence-corrected chi connectivity index (χ2v) is 4.79. The third kappa shape index (κ3) is 3.27. The lowest BCUT2D eigenvalue weighted by molar-refractivity contribution is -0.121. The van der Waals surface area contributed by atoms with Gasteiger partial charge in [-0.05, 0) is 57.6 Å². The van der Waals surface area contributed by atoms with Gasteiger partial charge in [0.2, 0.25) is 5.91 Å². The Morgan fingerprint density at radius 2 is 2.18 bits per heavy atom. The van der Waals surface area contributed by atoms with Gasteiger partial charge in [-0.25, -0.2) is 4.98 Å². The van der Waals surface area contributed by atoms with Crippen LogP contribution in [0.4, 0.5) is 5.82 Å². The highest BCUT2D eigenvalue weighted by Gasteiger charge is 2.23. The Labute approximate surface area is 102 Å². The topological polar surface area (TPSA) is 45.2 Å². The lowest BCUT2D eigenvalue weighted by atomic mass is 9.96. The molecule has 1 aromatic rings. The minimum atomic E-state index is 0.108. The zero-order valence-corrected chi connectivity index (χ0v) is 10.4. The first-order chi connectivity index (χ1) is 8.15. The maximum Gasteiger partial charge on any atom is 0.228 e. The van der Waals surface area contributed by atoms with Crippen LogP contribution in [0.1, 0.15) is 18.4 Å². The van der Waals surface area contributed by atoms with E-state index in [1.54, 1.807) is 6.20 Å². The van der Waals surface area contributed by atoms with Gasteiger partial charge >= 0.3 is 0 Å². The van der Waals surface area contributed by atoms with Gasteiger partial charge < -0.3 is 10.2 Å². The number of likely N-dealkylation sites (tertiary alicyclic amines) is 1. The molecule has 92 valence electrons. The van der Waals surface area contributed by atoms with Crippen molar-refractivity contribution < 1.29 is 4.79 Å². The standard InChI is InChI=1S/C13H19N3O/c1-10-3-6-14-12(9-10)15-13(17)11-4-7-16(2)8-5-11/h3,6,9,11H,4-5,7-8H2,1-2H3,(H,14,15,17). The van der Waals surface area contributed by atoms with Crippen LogP contribution in [0.5, 0.6) is 0 Å². The molecule has 1 aliphatic heterocycles. The van der Waals surface area contributed by atoms with E-state index in [1.165, 1.54) is 0 Å². The molecule has 0 saturated carbocycles. The minimum absolute atomic E-state index is 0.108. The number of amides is 1. The van der Waals surface area contributed by atoms with Gasteiger partial charge in [-0.2, -0.15) is 0 Å². The van der Waals surface area contributed by atoms with Crippen molar-refractivity contribution in [2.75, 3.05) is 25.5 Å². The lowest BCUT2D eigenvalue weighted by Crippen LogP contribution is -2.36. The maximum absolute atomic E-state index is 12.0. The summed E-state index contributed by atoms with van der Waals surface area (Å²) in [6, 6.07) is 3.82. The van der Waals surface area contributed by atoms with Gasteiger partial charge in [-0.3, -0.25) is 4.79 Å². The van der Waals surface area contributed by atoms with Gasteiger partial charge in [0.05, 0.1) is 0 Å². The molecule has 0 unspecified atom stereocenters. The maximum atomic E-state index is 12.0. The molecule has 1 saturated heterocycles. The minimum Gasteiger partial charge on any atom is -0.310 e. The first-order valence-electron chi connectivity index (χ1n) is 6.07. The van der Waals surface area contributed by atoms with Crippen molar-refractivity contribution in [3.05, 3.63) is 23.9 Å². The molecule has 0 bridgehead atoms. The summed E-state index contributed by atoms with van der Waals surface area (Å²) in [6.07, 6.45) is 3.60. The van der Waals surface area contributed by atoms with E-state index in [0.717, 1.165) is 31.5 Å². The van der Waals surface area contributed by atoms with Gasteiger partial charge in [-0.15, -0.1) is 0 Å². The Hall–Kier alpha value is -1.42. The van der Waals surface area contributed by atoms with Crippen molar-refractivity contribution in [3.63, 3.8) is 0 Å². The van der Waals surface area contributed by atoms with Crippen LogP contribution in [-0.2, 0) is 4.79 Å². The van der Waals surface area contributed by atoms with Gasteiger partial charge in [0.25, 0.3) is 0 Å². The molecule has 1 aromatic heterocycles. The molecule has 17 heavy (non-hydrogen) atoms. The number of pyridine rings is 1. The van der Waals surface area contributed by atoms with Crippen molar-refractivity contribution in [3.8, 4) is 0 Å². The molecule has 0 aliphatic carbocycles. The van der Waals surface area contributed by atoms with Gasteiger partial charge in [0.1, 0.15) is 5.82 Å². The number of hydrogen-bond acceptors (Lipinski definition) is 3. The van der Waals surface area contributed by atoms with Crippen LogP contribution < -0.4 is 5.32 Å². The highest BCUT2D eigenvalue weighted by atomic mass is 16.1. The fraction of sp³-hybridized carbons (Fsp3) is 0.538. The summed E-state index contributed by atoms with van der Waals surface area (Å²) < 4.78 is 0. The largest absolute Gasteiger partial charge is 0.310 e. The van der Waals surface area contributed by atoms with Crippen LogP contribution in [-0.4, -0.2) is 35.9 Å². The Kier molecular flexibility index (Phi) is 3.74. The number of aryl methyl sites for hydroxylation is 1. The van der Waals surface area contributed by atoms with E-state index in [4.69, 9.17) is 0 Å². The summed E-state index contributed by atoms with van der Waals surface area (Å²) in [4.78, 5) is 18.4. The number of carbonyl (C=O) groups is 1. The van der Waals surface area contributed by atoms with Crippen molar-refractivity contribution in [1.29, 1.82) is 0 Å². The van der Waals surface area contributed by atoms with E-state index in [0.29, 0.717) is 5.82 Å². The summed E-state index contributed by atoms with van der Waals surface area (Å²) in [5.74, 6) is 0.902. The van der Waals surface area contributed by atoms with Crippen LogP contribution in [0.25, 0.3) is 0 Å². The van der Waals surface area contributed by atoms with Crippen molar-refractivity contribution in [2.24, 2.45) is 5.92 Å². The van der Waals surface area contributed by atoms with Crippen LogP contribution in [0.2, 0.25) is 0 Å². The Bertz CT molecular complexity index is 397. The summed E-state index contributed by atoms with van der Waals surface area (Å²) in [7, 11) is 2.09. The molecular formula is C13H19N3O. The fourth-order valence-corrected chi connectivity index (χ4v) is 2.10. The zero-order valence-electron chi connectivity index (χ0n) is 10.4. The van der Waals surface area contributed by atoms with Crippen molar-refractivity contribution in [1.82, 2.24) is 9.88 Å². The summed E-state index contributed by atoms with van der Waals surface area (Å²) in [5, 5.41) is 2.90. The Balaban J connectivity index is 1.93. The van der Waals surface area contributed by atoms with Crippen LogP contribution in [0, 0.1) is 12.8 Å². The predicted octanol–water partition coefficient (Wildman–Crippen LogP) is 1.67. The molecule has 4 heteroatoms. The number of carbonyl (C=O) groups excluding carboxylic acids is 1. The van der Waals surface area contributed by atoms with Crippen LogP contribution in [0.15, 0.2) is 18.3 Å². The van der Waals surface area contributed by atoms with Gasteiger partial charge in [-0.1, -0.05) is 0 Å². The van der Waals surface area contributed by atoms with Crippen LogP contribution >= 0.6 is 0 Å². The molecule has 0 radical (unpaired) electrons. The third-order valence-electron chi connectivity index (χ3n) is 3.26. The molecule has 1 N–H and O–H groups in total. The molecule has 1 fully saturated rings. The van der Waals surface area contributed by atoms with E-state index in [2.05, 4.69) is 22.2 Å². The number of nitrogens with zero attached hydrogens (tertiary/aromatic N) is 2. The Morgan fingerprint density at radius 3 is 2.82 bits per heavy atom. The van der Waals surface area contributed by atoms with Crippen LogP contribution in [0.3, 0.4) is 0 Å². The molecule has 2 heterocycles. The fourth-order valence-electron chi connectivity index (χ4n) is 2.10. The SMILES string of the molecule is Cc1ccnc(NC(=O)C2CCN(C)CC2)c1. The van der Waals surface area contributed by atoms with Gasteiger partial charge in [0.15, 0.2) is 0 Å². The predicted molar refractivity (Wildman–Crippen MR) is 67.8 cm³/mol. The first kappa shape index (κ1) is 12.0. The van der Waals surface area contributed by atoms with E-state index in [1.807, 2.05) is 19.1 Å². The number of anilines is 1. The van der Waals surface area contributed by atoms with E-state index in [9.17, 15) is 4.79 Å². The molecule has 0 spiro atoms. The average molecular weight is 233 g/mol. The lowest BCUT2D eigenvalue weighted by Gasteiger charge is -2.27. The number of rotatable bonds is 2. The molecule has 1 aliphatic rings. The second kappa shape index (κ2) is 5.27. The normalized spacial score (nSPS) is 18.0. The van der Waals surface area contributed by atoms with E-state index < -0.39 is 0 Å². The van der Waals surface area contributed by atoms with E-state index >= 15 is 0 Å². The van der Waals surface area contributed by atoms with Crippen molar-refractivity contribution in [2.45, 2.75) is 19.8 Å². The molecule has 0 aromatic carbocycles. The third-order valence-corrected chi connectivity index (χ3v) is 3.26. The molecule has 2 rings (SSSR count). The molecular weight excluding hydrogens is 214 g/mol. The van der Waals surface area contributed by atoms with Gasteiger partial charge in [0, 0.05) is 12.1 Å². The average Bonchev–Trinajstić information content (AvgIpc) is 2.29. The Morgan fingerprint density at radius 1 is 1.47 bits per heavy atom. The molecule has 1 amide bonds. The highest BCUT2D eigenvalue weighted by molar-refractivity contribution is 5.91. The summed E-state index contributed by atoms with van der Waals surface area (Å²) in [6.45, 7) is 3.99.